The zero-order chi connectivity index (χ0) is 10.4. The second kappa shape index (κ2) is 5.75. The largest absolute Gasteiger partial charge is 0.469 e. The molecular formula is C10H16O4. The van der Waals surface area contributed by atoms with E-state index in [1.165, 1.54) is 7.11 Å². The third kappa shape index (κ3) is 3.46. The maximum atomic E-state index is 11.6. The van der Waals surface area contributed by atoms with Crippen molar-refractivity contribution in [2.24, 2.45) is 5.92 Å². The molecule has 1 rings (SSSR count). The summed E-state index contributed by atoms with van der Waals surface area (Å²) in [7, 11) is 1.33. The lowest BCUT2D eigenvalue weighted by atomic mass is 9.93. The van der Waals surface area contributed by atoms with Crippen LogP contribution in [0.1, 0.15) is 25.7 Å². The van der Waals surface area contributed by atoms with Gasteiger partial charge in [-0.1, -0.05) is 0 Å². The van der Waals surface area contributed by atoms with Gasteiger partial charge in [0.05, 0.1) is 13.5 Å². The number of methoxy groups -OCH3 is 1. The molecule has 0 aromatic carbocycles. The van der Waals surface area contributed by atoms with Crippen molar-refractivity contribution in [3.05, 3.63) is 0 Å². The normalized spacial score (nSPS) is 17.8. The summed E-state index contributed by atoms with van der Waals surface area (Å²) in [4.78, 5) is 22.4. The smallest absolute Gasteiger partial charge is 0.305 e. The highest BCUT2D eigenvalue weighted by Crippen LogP contribution is 2.17. The molecule has 0 bridgehead atoms. The SMILES string of the molecule is COC(=O)CCC(=O)C1CCOCC1. The summed E-state index contributed by atoms with van der Waals surface area (Å²) < 4.78 is 9.62. The molecule has 1 saturated heterocycles. The summed E-state index contributed by atoms with van der Waals surface area (Å²) in [5.41, 5.74) is 0. The third-order valence-electron chi connectivity index (χ3n) is 2.48. The van der Waals surface area contributed by atoms with E-state index in [-0.39, 0.29) is 24.1 Å². The highest BCUT2D eigenvalue weighted by Gasteiger charge is 2.21. The molecule has 0 N–H and O–H groups in total. The van der Waals surface area contributed by atoms with Crippen LogP contribution in [0, 0.1) is 5.92 Å². The fourth-order valence-corrected chi connectivity index (χ4v) is 1.55. The predicted octanol–water partition coefficient (Wildman–Crippen LogP) is 0.935. The van der Waals surface area contributed by atoms with E-state index in [9.17, 15) is 9.59 Å². The van der Waals surface area contributed by atoms with Crippen molar-refractivity contribution in [3.63, 3.8) is 0 Å². The molecule has 1 fully saturated rings. The van der Waals surface area contributed by atoms with Crippen molar-refractivity contribution >= 4 is 11.8 Å². The van der Waals surface area contributed by atoms with Gasteiger partial charge in [0.2, 0.25) is 0 Å². The van der Waals surface area contributed by atoms with E-state index in [0.29, 0.717) is 19.6 Å². The molecule has 4 nitrogen and oxygen atoms in total. The Morgan fingerprint density at radius 2 is 1.93 bits per heavy atom. The van der Waals surface area contributed by atoms with Gasteiger partial charge in [0.1, 0.15) is 5.78 Å². The van der Waals surface area contributed by atoms with Gasteiger partial charge in [0.25, 0.3) is 0 Å². The lowest BCUT2D eigenvalue weighted by Crippen LogP contribution is -2.23. The number of ether oxygens (including phenoxy) is 2. The fourth-order valence-electron chi connectivity index (χ4n) is 1.55. The summed E-state index contributed by atoms with van der Waals surface area (Å²) >= 11 is 0. The number of hydrogen-bond acceptors (Lipinski definition) is 4. The lowest BCUT2D eigenvalue weighted by molar-refractivity contribution is -0.142. The standard InChI is InChI=1S/C10H16O4/c1-13-10(12)3-2-9(11)8-4-6-14-7-5-8/h8H,2-7H2,1H3. The Bertz CT molecular complexity index is 206. The molecule has 0 aliphatic carbocycles. The molecule has 1 heterocycles. The Balaban J connectivity index is 2.23. The second-order valence-corrected chi connectivity index (χ2v) is 3.43. The van der Waals surface area contributed by atoms with Crippen molar-refractivity contribution in [3.8, 4) is 0 Å². The van der Waals surface area contributed by atoms with E-state index < -0.39 is 0 Å². The summed E-state index contributed by atoms with van der Waals surface area (Å²) in [5, 5.41) is 0. The Labute approximate surface area is 83.6 Å². The van der Waals surface area contributed by atoms with Crippen LogP contribution in [-0.4, -0.2) is 32.1 Å². The molecule has 0 amide bonds. The topological polar surface area (TPSA) is 52.6 Å². The van der Waals surface area contributed by atoms with Gasteiger partial charge >= 0.3 is 5.97 Å². The summed E-state index contributed by atoms with van der Waals surface area (Å²) in [6, 6.07) is 0. The molecular weight excluding hydrogens is 184 g/mol. The minimum atomic E-state index is -0.314. The minimum absolute atomic E-state index is 0.0911. The molecule has 0 radical (unpaired) electrons. The van der Waals surface area contributed by atoms with Gasteiger partial charge < -0.3 is 9.47 Å². The fraction of sp³-hybridized carbons (Fsp3) is 0.800. The summed E-state index contributed by atoms with van der Waals surface area (Å²) in [6.07, 6.45) is 2.09. The summed E-state index contributed by atoms with van der Waals surface area (Å²) in [6.45, 7) is 1.32. The number of carbonyl (C=O) groups excluding carboxylic acids is 2. The van der Waals surface area contributed by atoms with Gasteiger partial charge in [0, 0.05) is 25.6 Å². The number of rotatable bonds is 4. The van der Waals surface area contributed by atoms with Crippen molar-refractivity contribution in [2.45, 2.75) is 25.7 Å². The van der Waals surface area contributed by atoms with Crippen molar-refractivity contribution < 1.29 is 19.1 Å². The molecule has 0 unspecified atom stereocenters. The van der Waals surface area contributed by atoms with Crippen molar-refractivity contribution in [2.75, 3.05) is 20.3 Å². The van der Waals surface area contributed by atoms with Crippen LogP contribution in [0.2, 0.25) is 0 Å². The Morgan fingerprint density at radius 3 is 2.50 bits per heavy atom. The molecule has 1 aliphatic rings. The van der Waals surface area contributed by atoms with Crippen LogP contribution in [0.3, 0.4) is 0 Å². The van der Waals surface area contributed by atoms with E-state index in [4.69, 9.17) is 4.74 Å². The number of hydrogen-bond donors (Lipinski definition) is 0. The van der Waals surface area contributed by atoms with Gasteiger partial charge in [0.15, 0.2) is 0 Å². The number of carbonyl (C=O) groups is 2. The summed E-state index contributed by atoms with van der Waals surface area (Å²) in [5.74, 6) is -0.0579. The van der Waals surface area contributed by atoms with Crippen LogP contribution in [0.4, 0.5) is 0 Å². The van der Waals surface area contributed by atoms with E-state index in [1.807, 2.05) is 0 Å². The highest BCUT2D eigenvalue weighted by molar-refractivity contribution is 5.84. The van der Waals surface area contributed by atoms with Crippen LogP contribution in [-0.2, 0) is 19.1 Å². The number of ketones is 1. The second-order valence-electron chi connectivity index (χ2n) is 3.43. The zero-order valence-electron chi connectivity index (χ0n) is 8.45. The molecule has 80 valence electrons. The molecule has 0 aromatic rings. The van der Waals surface area contributed by atoms with E-state index in [1.54, 1.807) is 0 Å². The molecule has 1 aliphatic heterocycles. The number of esters is 1. The van der Waals surface area contributed by atoms with E-state index in [0.717, 1.165) is 12.8 Å². The number of Topliss-reactive ketones (excluding diaryl/α,β-unsaturated/α-hetero) is 1. The van der Waals surface area contributed by atoms with Gasteiger partial charge in [-0.3, -0.25) is 9.59 Å². The minimum Gasteiger partial charge on any atom is -0.469 e. The van der Waals surface area contributed by atoms with Gasteiger partial charge in [-0.25, -0.2) is 0 Å². The van der Waals surface area contributed by atoms with Crippen LogP contribution < -0.4 is 0 Å². The van der Waals surface area contributed by atoms with Gasteiger partial charge in [-0.2, -0.15) is 0 Å². The molecule has 0 atom stereocenters. The molecule has 0 aromatic heterocycles. The van der Waals surface area contributed by atoms with Crippen molar-refractivity contribution in [1.82, 2.24) is 0 Å². The van der Waals surface area contributed by atoms with Crippen LogP contribution in [0.15, 0.2) is 0 Å². The van der Waals surface area contributed by atoms with Crippen LogP contribution in [0.25, 0.3) is 0 Å². The third-order valence-corrected chi connectivity index (χ3v) is 2.48. The molecule has 4 heteroatoms. The Kier molecular flexibility index (Phi) is 4.59. The average molecular weight is 200 g/mol. The first-order valence-electron chi connectivity index (χ1n) is 4.91. The Morgan fingerprint density at radius 1 is 1.29 bits per heavy atom. The molecule has 14 heavy (non-hydrogen) atoms. The lowest BCUT2D eigenvalue weighted by Gasteiger charge is -2.20. The van der Waals surface area contributed by atoms with Gasteiger partial charge in [-0.05, 0) is 12.8 Å². The van der Waals surface area contributed by atoms with E-state index in [2.05, 4.69) is 4.74 Å². The van der Waals surface area contributed by atoms with Gasteiger partial charge in [-0.15, -0.1) is 0 Å². The maximum absolute atomic E-state index is 11.6. The maximum Gasteiger partial charge on any atom is 0.305 e. The van der Waals surface area contributed by atoms with E-state index >= 15 is 0 Å². The Hall–Kier alpha value is -0.900. The van der Waals surface area contributed by atoms with Crippen molar-refractivity contribution in [1.29, 1.82) is 0 Å². The average Bonchev–Trinajstić information content (AvgIpc) is 2.26. The predicted molar refractivity (Wildman–Crippen MR) is 49.8 cm³/mol. The first kappa shape index (κ1) is 11.2. The molecule has 0 spiro atoms. The quantitative estimate of drug-likeness (QED) is 0.634. The molecule has 0 saturated carbocycles. The van der Waals surface area contributed by atoms with Crippen LogP contribution in [0.5, 0.6) is 0 Å². The van der Waals surface area contributed by atoms with Crippen LogP contribution >= 0.6 is 0 Å². The zero-order valence-corrected chi connectivity index (χ0v) is 8.45. The highest BCUT2D eigenvalue weighted by atomic mass is 16.5. The monoisotopic (exact) mass is 200 g/mol. The first-order chi connectivity index (χ1) is 6.74. The first-order valence-corrected chi connectivity index (χ1v) is 4.91.